The lowest BCUT2D eigenvalue weighted by atomic mass is 10.0. The van der Waals surface area contributed by atoms with Crippen LogP contribution in [0.25, 0.3) is 11.1 Å². The molecule has 0 fully saturated rings. The summed E-state index contributed by atoms with van der Waals surface area (Å²) in [5.74, 6) is -4.10. The van der Waals surface area contributed by atoms with Crippen molar-refractivity contribution in [2.75, 3.05) is 0 Å². The Morgan fingerprint density at radius 3 is 2.06 bits per heavy atom. The lowest BCUT2D eigenvalue weighted by molar-refractivity contribution is 0.548. The monoisotopic (exact) mass is 259 g/mol. The molecule has 0 aromatic heterocycles. The van der Waals surface area contributed by atoms with E-state index in [-0.39, 0.29) is 10.6 Å². The minimum absolute atomic E-state index is 0.143. The number of rotatable bonds is 1. The van der Waals surface area contributed by atoms with E-state index < -0.39 is 28.8 Å². The maximum Gasteiger partial charge on any atom is 0.136 e. The van der Waals surface area contributed by atoms with Crippen LogP contribution in [0.4, 0.5) is 17.6 Å². The fraction of sp³-hybridized carbons (Fsp3) is 0. The maximum absolute atomic E-state index is 13.4. The molecule has 0 bridgehead atoms. The topological polar surface area (TPSA) is 0 Å². The molecule has 0 nitrogen and oxygen atoms in total. The van der Waals surface area contributed by atoms with Crippen LogP contribution in [-0.4, -0.2) is 0 Å². The van der Waals surface area contributed by atoms with Gasteiger partial charge in [-0.25, -0.2) is 17.6 Å². The van der Waals surface area contributed by atoms with Crippen molar-refractivity contribution in [3.63, 3.8) is 0 Å². The molecule has 0 heterocycles. The lowest BCUT2D eigenvalue weighted by Crippen LogP contribution is -1.94. The van der Waals surface area contributed by atoms with Crippen molar-refractivity contribution in [3.8, 4) is 11.1 Å². The Kier molecular flexibility index (Phi) is 3.07. The summed E-state index contributed by atoms with van der Waals surface area (Å²) >= 11 is 5.67. The molecule has 0 aliphatic carbocycles. The second kappa shape index (κ2) is 4.37. The van der Waals surface area contributed by atoms with Gasteiger partial charge in [-0.15, -0.1) is 0 Å². The fourth-order valence-corrected chi connectivity index (χ4v) is 1.64. The molecule has 17 heavy (non-hydrogen) atoms. The smallest absolute Gasteiger partial charge is 0.136 e. The number of hydrogen-bond donors (Lipinski definition) is 0. The molecule has 0 amide bonds. The first-order valence-electron chi connectivity index (χ1n) is 4.50. The SMILES string of the molecule is Fc1cc(F)c(-c2cc(F)c[c]c2Cl)c(F)c1. The van der Waals surface area contributed by atoms with Crippen LogP contribution in [0.15, 0.2) is 24.3 Å². The first kappa shape index (κ1) is 11.9. The van der Waals surface area contributed by atoms with Crippen molar-refractivity contribution < 1.29 is 17.6 Å². The van der Waals surface area contributed by atoms with Gasteiger partial charge in [-0.3, -0.25) is 0 Å². The minimum Gasteiger partial charge on any atom is -0.207 e. The van der Waals surface area contributed by atoms with Gasteiger partial charge < -0.3 is 0 Å². The van der Waals surface area contributed by atoms with Gasteiger partial charge in [0.2, 0.25) is 0 Å². The highest BCUT2D eigenvalue weighted by atomic mass is 35.5. The fourth-order valence-electron chi connectivity index (χ4n) is 1.43. The van der Waals surface area contributed by atoms with E-state index in [1.165, 1.54) is 0 Å². The normalized spacial score (nSPS) is 10.6. The summed E-state index contributed by atoms with van der Waals surface area (Å²) in [5, 5.41) is -0.143. The predicted octanol–water partition coefficient (Wildman–Crippen LogP) is 4.36. The van der Waals surface area contributed by atoms with E-state index in [1.54, 1.807) is 0 Å². The van der Waals surface area contributed by atoms with Gasteiger partial charge in [0.15, 0.2) is 0 Å². The van der Waals surface area contributed by atoms with Gasteiger partial charge in [0, 0.05) is 23.8 Å². The van der Waals surface area contributed by atoms with Crippen LogP contribution in [0.5, 0.6) is 0 Å². The predicted molar refractivity (Wildman–Crippen MR) is 55.6 cm³/mol. The summed E-state index contributed by atoms with van der Waals surface area (Å²) in [4.78, 5) is 0. The number of hydrogen-bond acceptors (Lipinski definition) is 0. The highest BCUT2D eigenvalue weighted by Gasteiger charge is 2.16. The van der Waals surface area contributed by atoms with Crippen molar-refractivity contribution in [3.05, 3.63) is 58.6 Å². The van der Waals surface area contributed by atoms with E-state index >= 15 is 0 Å². The third-order valence-electron chi connectivity index (χ3n) is 2.13. The van der Waals surface area contributed by atoms with Gasteiger partial charge in [-0.2, -0.15) is 0 Å². The van der Waals surface area contributed by atoms with Crippen molar-refractivity contribution in [1.29, 1.82) is 0 Å². The molecule has 1 radical (unpaired) electrons. The third-order valence-corrected chi connectivity index (χ3v) is 2.44. The molecule has 0 unspecified atom stereocenters. The highest BCUT2D eigenvalue weighted by Crippen LogP contribution is 2.32. The summed E-state index contributed by atoms with van der Waals surface area (Å²) < 4.78 is 52.5. The molecule has 0 atom stereocenters. The average Bonchev–Trinajstić information content (AvgIpc) is 2.21. The Balaban J connectivity index is 2.72. The molecule has 0 aliphatic heterocycles. The van der Waals surface area contributed by atoms with E-state index in [2.05, 4.69) is 6.07 Å². The molecular formula is C12H4ClF4. The molecule has 2 aromatic rings. The van der Waals surface area contributed by atoms with E-state index in [0.29, 0.717) is 12.1 Å². The Morgan fingerprint density at radius 1 is 0.882 bits per heavy atom. The number of halogens is 5. The molecule has 0 aliphatic rings. The van der Waals surface area contributed by atoms with Crippen LogP contribution in [0.1, 0.15) is 0 Å². The molecule has 2 aromatic carbocycles. The number of benzene rings is 2. The van der Waals surface area contributed by atoms with Crippen molar-refractivity contribution >= 4 is 11.6 Å². The zero-order chi connectivity index (χ0) is 12.6. The van der Waals surface area contributed by atoms with Crippen molar-refractivity contribution in [1.82, 2.24) is 0 Å². The van der Waals surface area contributed by atoms with E-state index in [1.807, 2.05) is 0 Å². The van der Waals surface area contributed by atoms with Crippen LogP contribution in [0, 0.1) is 29.3 Å². The van der Waals surface area contributed by atoms with Crippen LogP contribution >= 0.6 is 11.6 Å². The Bertz CT molecular complexity index is 558. The summed E-state index contributed by atoms with van der Waals surface area (Å²) in [6, 6.07) is 5.09. The van der Waals surface area contributed by atoms with Crippen LogP contribution in [0.3, 0.4) is 0 Å². The van der Waals surface area contributed by atoms with Gasteiger partial charge in [-0.1, -0.05) is 11.6 Å². The summed E-state index contributed by atoms with van der Waals surface area (Å²) in [6.07, 6.45) is 0. The zero-order valence-corrected chi connectivity index (χ0v) is 8.96. The Hall–Kier alpha value is -1.55. The second-order valence-electron chi connectivity index (χ2n) is 3.29. The summed E-state index contributed by atoms with van der Waals surface area (Å²) in [6.45, 7) is 0. The maximum atomic E-state index is 13.4. The largest absolute Gasteiger partial charge is 0.207 e. The van der Waals surface area contributed by atoms with E-state index in [4.69, 9.17) is 11.6 Å². The van der Waals surface area contributed by atoms with Gasteiger partial charge in [0.05, 0.1) is 10.6 Å². The first-order valence-corrected chi connectivity index (χ1v) is 4.88. The molecule has 0 spiro atoms. The zero-order valence-electron chi connectivity index (χ0n) is 8.20. The highest BCUT2D eigenvalue weighted by molar-refractivity contribution is 6.33. The van der Waals surface area contributed by atoms with Gasteiger partial charge in [0.25, 0.3) is 0 Å². The van der Waals surface area contributed by atoms with Crippen LogP contribution in [-0.2, 0) is 0 Å². The molecule has 2 rings (SSSR count). The van der Waals surface area contributed by atoms with Crippen molar-refractivity contribution in [2.24, 2.45) is 0 Å². The van der Waals surface area contributed by atoms with Gasteiger partial charge in [-0.05, 0) is 12.1 Å². The van der Waals surface area contributed by atoms with Crippen molar-refractivity contribution in [2.45, 2.75) is 0 Å². The minimum atomic E-state index is -1.15. The van der Waals surface area contributed by atoms with Gasteiger partial charge in [0.1, 0.15) is 23.3 Å². The Morgan fingerprint density at radius 2 is 1.47 bits per heavy atom. The molecule has 5 heteroatoms. The molecule has 0 saturated heterocycles. The van der Waals surface area contributed by atoms with E-state index in [0.717, 1.165) is 12.1 Å². The first-order chi connectivity index (χ1) is 7.99. The van der Waals surface area contributed by atoms with Crippen LogP contribution < -0.4 is 0 Å². The standard InChI is InChI=1S/C12H4ClF4/c13-9-2-1-6(14)3-8(9)12-10(16)4-7(15)5-11(12)17/h1,3-5H. The summed E-state index contributed by atoms with van der Waals surface area (Å²) in [7, 11) is 0. The quantitative estimate of drug-likeness (QED) is 0.668. The molecule has 0 N–H and O–H groups in total. The second-order valence-corrected chi connectivity index (χ2v) is 3.67. The molecule has 0 saturated carbocycles. The van der Waals surface area contributed by atoms with E-state index in [9.17, 15) is 17.6 Å². The molecule has 87 valence electrons. The van der Waals surface area contributed by atoms with Gasteiger partial charge >= 0.3 is 0 Å². The lowest BCUT2D eigenvalue weighted by Gasteiger charge is -2.07. The third kappa shape index (κ3) is 2.26. The average molecular weight is 260 g/mol. The Labute approximate surface area is 99.5 Å². The summed E-state index contributed by atoms with van der Waals surface area (Å²) in [5.41, 5.74) is -0.784. The van der Waals surface area contributed by atoms with Crippen LogP contribution in [0.2, 0.25) is 5.02 Å². The molecular weight excluding hydrogens is 256 g/mol.